The minimum Gasteiger partial charge on any atom is -0.444 e. The summed E-state index contributed by atoms with van der Waals surface area (Å²) >= 11 is 1.95. The molecule has 0 aliphatic carbocycles. The van der Waals surface area contributed by atoms with Crippen molar-refractivity contribution in [2.75, 3.05) is 5.32 Å². The molecule has 1 aromatic heterocycles. The number of amides is 1. The zero-order chi connectivity index (χ0) is 10.8. The Morgan fingerprint density at radius 1 is 1.64 bits per heavy atom. The maximum Gasteiger partial charge on any atom is 0.413 e. The van der Waals surface area contributed by atoms with E-state index in [1.54, 1.807) is 26.8 Å². The Morgan fingerprint density at radius 2 is 2.29 bits per heavy atom. The average molecular weight is 310 g/mol. The number of hydrogen-bond acceptors (Lipinski definition) is 4. The molecule has 0 bridgehead atoms. The quantitative estimate of drug-likeness (QED) is 0.810. The summed E-state index contributed by atoms with van der Waals surface area (Å²) in [6.45, 7) is 5.37. The van der Waals surface area contributed by atoms with Gasteiger partial charge < -0.3 is 9.26 Å². The molecule has 1 N–H and O–H groups in total. The van der Waals surface area contributed by atoms with Crippen LogP contribution in [-0.4, -0.2) is 16.9 Å². The van der Waals surface area contributed by atoms with E-state index < -0.39 is 11.7 Å². The van der Waals surface area contributed by atoms with Gasteiger partial charge in [-0.05, 0) is 20.8 Å². The molecule has 1 heterocycles. The first-order valence-corrected chi connectivity index (χ1v) is 5.07. The summed E-state index contributed by atoms with van der Waals surface area (Å²) in [5.41, 5.74) is -0.513. The molecular formula is C8H11IN2O3. The van der Waals surface area contributed by atoms with E-state index >= 15 is 0 Å². The van der Waals surface area contributed by atoms with Crippen LogP contribution in [0, 0.1) is 3.77 Å². The molecule has 0 radical (unpaired) electrons. The van der Waals surface area contributed by atoms with Gasteiger partial charge in [-0.25, -0.2) is 4.79 Å². The lowest BCUT2D eigenvalue weighted by atomic mass is 10.2. The molecule has 0 saturated carbocycles. The lowest BCUT2D eigenvalue weighted by Gasteiger charge is -2.18. The van der Waals surface area contributed by atoms with E-state index in [0.29, 0.717) is 9.58 Å². The molecular weight excluding hydrogens is 299 g/mol. The van der Waals surface area contributed by atoms with E-state index in [1.807, 2.05) is 22.6 Å². The number of halogens is 1. The number of ether oxygens (including phenoxy) is 1. The van der Waals surface area contributed by atoms with Crippen molar-refractivity contribution in [2.24, 2.45) is 0 Å². The highest BCUT2D eigenvalue weighted by atomic mass is 127. The second kappa shape index (κ2) is 4.16. The predicted octanol–water partition coefficient (Wildman–Crippen LogP) is 2.63. The minimum absolute atomic E-state index is 0.351. The third-order valence-corrected chi connectivity index (χ3v) is 1.62. The molecule has 1 amide bonds. The maximum absolute atomic E-state index is 11.2. The largest absolute Gasteiger partial charge is 0.444 e. The summed E-state index contributed by atoms with van der Waals surface area (Å²) in [5, 5.41) is 6.04. The highest BCUT2D eigenvalue weighted by Crippen LogP contribution is 2.13. The molecule has 0 aromatic carbocycles. The summed E-state index contributed by atoms with van der Waals surface area (Å²) in [7, 11) is 0. The number of anilines is 1. The van der Waals surface area contributed by atoms with Gasteiger partial charge in [-0.3, -0.25) is 5.32 Å². The molecule has 0 saturated heterocycles. The topological polar surface area (TPSA) is 64.4 Å². The first-order chi connectivity index (χ1) is 6.37. The molecule has 5 nitrogen and oxygen atoms in total. The predicted molar refractivity (Wildman–Crippen MR) is 59.1 cm³/mol. The van der Waals surface area contributed by atoms with Gasteiger partial charge in [0, 0.05) is 28.7 Å². The van der Waals surface area contributed by atoms with Crippen LogP contribution in [0.1, 0.15) is 20.8 Å². The maximum atomic E-state index is 11.2. The van der Waals surface area contributed by atoms with Gasteiger partial charge in [0.25, 0.3) is 0 Å². The number of aromatic nitrogens is 1. The molecule has 1 rings (SSSR count). The zero-order valence-corrected chi connectivity index (χ0v) is 10.3. The monoisotopic (exact) mass is 310 g/mol. The third-order valence-electron chi connectivity index (χ3n) is 1.11. The summed E-state index contributed by atoms with van der Waals surface area (Å²) in [6, 6.07) is 1.60. The molecule has 6 heteroatoms. The second-order valence-electron chi connectivity index (χ2n) is 3.64. The number of carbonyl (C=O) groups is 1. The van der Waals surface area contributed by atoms with E-state index in [0.717, 1.165) is 0 Å². The summed E-state index contributed by atoms with van der Waals surface area (Å²) < 4.78 is 10.4. The van der Waals surface area contributed by atoms with E-state index in [-0.39, 0.29) is 0 Å². The van der Waals surface area contributed by atoms with E-state index in [9.17, 15) is 4.79 Å². The number of carbonyl (C=O) groups excluding carboxylic acids is 1. The summed E-state index contributed by atoms with van der Waals surface area (Å²) in [6.07, 6.45) is -0.540. The molecule has 0 atom stereocenters. The van der Waals surface area contributed by atoms with Gasteiger partial charge >= 0.3 is 6.09 Å². The fourth-order valence-electron chi connectivity index (χ4n) is 0.720. The van der Waals surface area contributed by atoms with E-state index in [2.05, 4.69) is 10.5 Å². The number of rotatable bonds is 1. The Bertz CT molecular complexity index is 330. The Morgan fingerprint density at radius 3 is 2.71 bits per heavy atom. The van der Waals surface area contributed by atoms with Crippen LogP contribution in [0.4, 0.5) is 10.6 Å². The van der Waals surface area contributed by atoms with Crippen LogP contribution in [0.3, 0.4) is 0 Å². The molecule has 0 fully saturated rings. The van der Waals surface area contributed by atoms with Gasteiger partial charge in [0.2, 0.25) is 0 Å². The van der Waals surface area contributed by atoms with Crippen molar-refractivity contribution in [1.29, 1.82) is 0 Å². The highest BCUT2D eigenvalue weighted by molar-refractivity contribution is 14.1. The minimum atomic E-state index is -0.540. The van der Waals surface area contributed by atoms with Crippen molar-refractivity contribution in [3.05, 3.63) is 9.83 Å². The Labute approximate surface area is 95.3 Å². The van der Waals surface area contributed by atoms with Gasteiger partial charge in [-0.15, -0.1) is 0 Å². The highest BCUT2D eigenvalue weighted by Gasteiger charge is 2.17. The van der Waals surface area contributed by atoms with Gasteiger partial charge in [0.05, 0.1) is 0 Å². The molecule has 0 aliphatic rings. The van der Waals surface area contributed by atoms with Crippen molar-refractivity contribution >= 4 is 34.5 Å². The Balaban J connectivity index is 2.50. The van der Waals surface area contributed by atoms with E-state index in [4.69, 9.17) is 9.26 Å². The SMILES string of the molecule is CC(C)(C)OC(=O)Nc1cc(I)on1. The fraction of sp³-hybridized carbons (Fsp3) is 0.500. The van der Waals surface area contributed by atoms with Crippen molar-refractivity contribution in [3.8, 4) is 0 Å². The average Bonchev–Trinajstić information content (AvgIpc) is 2.30. The van der Waals surface area contributed by atoms with Crippen LogP contribution >= 0.6 is 22.6 Å². The van der Waals surface area contributed by atoms with Gasteiger partial charge in [-0.2, -0.15) is 0 Å². The van der Waals surface area contributed by atoms with E-state index in [1.165, 1.54) is 0 Å². The number of nitrogens with one attached hydrogen (secondary N) is 1. The number of hydrogen-bond donors (Lipinski definition) is 1. The lowest BCUT2D eigenvalue weighted by Crippen LogP contribution is -2.27. The van der Waals surface area contributed by atoms with Crippen LogP contribution < -0.4 is 5.32 Å². The molecule has 0 unspecified atom stereocenters. The second-order valence-corrected chi connectivity index (χ2v) is 4.71. The van der Waals surface area contributed by atoms with Gasteiger partial charge in [0.1, 0.15) is 5.60 Å². The van der Waals surface area contributed by atoms with Crippen molar-refractivity contribution < 1.29 is 14.1 Å². The normalized spacial score (nSPS) is 11.1. The van der Waals surface area contributed by atoms with Crippen molar-refractivity contribution in [1.82, 2.24) is 5.16 Å². The fourth-order valence-corrected chi connectivity index (χ4v) is 1.11. The lowest BCUT2D eigenvalue weighted by molar-refractivity contribution is 0.0634. The summed E-state index contributed by atoms with van der Waals surface area (Å²) in [4.78, 5) is 11.2. The first kappa shape index (κ1) is 11.3. The molecule has 0 spiro atoms. The van der Waals surface area contributed by atoms with Crippen LogP contribution in [0.25, 0.3) is 0 Å². The van der Waals surface area contributed by atoms with Gasteiger partial charge in [0.15, 0.2) is 9.58 Å². The molecule has 78 valence electrons. The van der Waals surface area contributed by atoms with Crippen molar-refractivity contribution in [2.45, 2.75) is 26.4 Å². The third kappa shape index (κ3) is 3.95. The molecule has 0 aliphatic heterocycles. The Hall–Kier alpha value is -0.790. The van der Waals surface area contributed by atoms with Crippen LogP contribution in [0.2, 0.25) is 0 Å². The smallest absolute Gasteiger partial charge is 0.413 e. The Kier molecular flexibility index (Phi) is 3.35. The van der Waals surface area contributed by atoms with Crippen molar-refractivity contribution in [3.63, 3.8) is 0 Å². The van der Waals surface area contributed by atoms with Crippen LogP contribution in [0.15, 0.2) is 10.6 Å². The van der Waals surface area contributed by atoms with Crippen LogP contribution in [0.5, 0.6) is 0 Å². The standard InChI is InChI=1S/C8H11IN2O3/c1-8(2,3)13-7(12)10-6-4-5(9)14-11-6/h4H,1-3H3,(H,10,11,12). The zero-order valence-electron chi connectivity index (χ0n) is 8.13. The number of nitrogens with zero attached hydrogens (tertiary/aromatic N) is 1. The first-order valence-electron chi connectivity index (χ1n) is 3.99. The summed E-state index contributed by atoms with van der Waals surface area (Å²) in [5.74, 6) is 0.351. The van der Waals surface area contributed by atoms with Crippen LogP contribution in [-0.2, 0) is 4.74 Å². The molecule has 1 aromatic rings. The molecule has 14 heavy (non-hydrogen) atoms. The van der Waals surface area contributed by atoms with Gasteiger partial charge in [-0.1, -0.05) is 5.16 Å².